The van der Waals surface area contributed by atoms with Crippen LogP contribution in [0.2, 0.25) is 0 Å². The highest BCUT2D eigenvalue weighted by atomic mass is 32.1. The van der Waals surface area contributed by atoms with Crippen LogP contribution in [0.1, 0.15) is 12.6 Å². The molecule has 0 radical (unpaired) electrons. The highest BCUT2D eigenvalue weighted by Crippen LogP contribution is 2.25. The Balaban J connectivity index is 2.73. The summed E-state index contributed by atoms with van der Waals surface area (Å²) in [7, 11) is 0. The summed E-state index contributed by atoms with van der Waals surface area (Å²) in [5, 5.41) is 0.961. The summed E-state index contributed by atoms with van der Waals surface area (Å²) < 4.78 is 38.5. The Bertz CT molecular complexity index is 347. The second kappa shape index (κ2) is 3.66. The van der Waals surface area contributed by atoms with Crippen molar-refractivity contribution >= 4 is 11.3 Å². The lowest BCUT2D eigenvalue weighted by atomic mass is 10.5. The van der Waals surface area contributed by atoms with Crippen LogP contribution in [-0.4, -0.2) is 11.3 Å². The molecule has 70 valence electrons. The minimum absolute atomic E-state index is 0.284. The summed E-state index contributed by atoms with van der Waals surface area (Å²) >= 11 is 0.761. The fraction of sp³-hybridized carbons (Fsp3) is 0.286. The van der Waals surface area contributed by atoms with Crippen LogP contribution in [0.5, 0.6) is 5.19 Å². The topological polar surface area (TPSA) is 22.1 Å². The molecule has 0 unspecified atom stereocenters. The Morgan fingerprint density at radius 2 is 2.23 bits per heavy atom. The van der Waals surface area contributed by atoms with E-state index in [2.05, 4.69) is 21.6 Å². The molecule has 13 heavy (non-hydrogen) atoms. The third-order valence-electron chi connectivity index (χ3n) is 0.939. The van der Waals surface area contributed by atoms with Crippen molar-refractivity contribution in [3.05, 3.63) is 11.1 Å². The van der Waals surface area contributed by atoms with E-state index in [1.165, 1.54) is 5.38 Å². The van der Waals surface area contributed by atoms with Gasteiger partial charge in [-0.05, 0) is 12.8 Å². The molecule has 1 aromatic rings. The molecule has 0 aliphatic rings. The number of rotatable bonds is 1. The van der Waals surface area contributed by atoms with Crippen LogP contribution in [0.25, 0.3) is 0 Å². The molecule has 0 aliphatic heterocycles. The summed E-state index contributed by atoms with van der Waals surface area (Å²) in [6, 6.07) is 0. The predicted octanol–water partition coefficient (Wildman–Crippen LogP) is 2.41. The van der Waals surface area contributed by atoms with Crippen LogP contribution in [-0.2, 0) is 0 Å². The molecule has 1 heterocycles. The molecule has 0 atom stereocenters. The van der Waals surface area contributed by atoms with Crippen LogP contribution in [0.15, 0.2) is 5.38 Å². The molecule has 0 amide bonds. The Labute approximate surface area is 76.4 Å². The zero-order valence-electron chi connectivity index (χ0n) is 6.47. The molecule has 0 aliphatic carbocycles. The molecule has 6 heteroatoms. The van der Waals surface area contributed by atoms with Crippen LogP contribution in [0.4, 0.5) is 13.2 Å². The maximum absolute atomic E-state index is 11.6. The average Bonchev–Trinajstić information content (AvgIpc) is 2.33. The van der Waals surface area contributed by atoms with E-state index in [1.807, 2.05) is 0 Å². The molecular weight excluding hydrogens is 203 g/mol. The van der Waals surface area contributed by atoms with Gasteiger partial charge in [-0.3, -0.25) is 0 Å². The second-order valence-corrected chi connectivity index (χ2v) is 2.74. The SMILES string of the molecule is CC#Cc1csc(OC(F)(F)F)n1. The molecule has 0 spiro atoms. The van der Waals surface area contributed by atoms with Crippen LogP contribution < -0.4 is 4.74 Å². The smallest absolute Gasteiger partial charge is 0.378 e. The van der Waals surface area contributed by atoms with E-state index < -0.39 is 11.6 Å². The second-order valence-electron chi connectivity index (χ2n) is 1.92. The minimum atomic E-state index is -4.69. The number of hydrogen-bond donors (Lipinski definition) is 0. The van der Waals surface area contributed by atoms with E-state index >= 15 is 0 Å². The lowest BCUT2D eigenvalue weighted by Gasteiger charge is -2.03. The van der Waals surface area contributed by atoms with Gasteiger partial charge in [0.1, 0.15) is 5.69 Å². The Hall–Kier alpha value is -1.22. The molecule has 0 saturated carbocycles. The van der Waals surface area contributed by atoms with Gasteiger partial charge in [-0.2, -0.15) is 4.98 Å². The Kier molecular flexibility index (Phi) is 2.78. The number of ether oxygens (including phenoxy) is 1. The van der Waals surface area contributed by atoms with Crippen LogP contribution >= 0.6 is 11.3 Å². The van der Waals surface area contributed by atoms with Gasteiger partial charge in [0.15, 0.2) is 0 Å². The molecule has 1 aromatic heterocycles. The van der Waals surface area contributed by atoms with Gasteiger partial charge in [0.25, 0.3) is 5.19 Å². The van der Waals surface area contributed by atoms with Crippen molar-refractivity contribution in [2.24, 2.45) is 0 Å². The van der Waals surface area contributed by atoms with E-state index in [-0.39, 0.29) is 5.69 Å². The number of aromatic nitrogens is 1. The zero-order chi connectivity index (χ0) is 9.90. The van der Waals surface area contributed by atoms with E-state index in [9.17, 15) is 13.2 Å². The first-order valence-corrected chi connectivity index (χ1v) is 4.03. The lowest BCUT2D eigenvalue weighted by Crippen LogP contribution is -2.16. The van der Waals surface area contributed by atoms with Crippen molar-refractivity contribution in [2.75, 3.05) is 0 Å². The monoisotopic (exact) mass is 207 g/mol. The summed E-state index contributed by atoms with van der Waals surface area (Å²) in [5.74, 6) is 5.03. The molecule has 0 N–H and O–H groups in total. The molecule has 0 bridgehead atoms. The zero-order valence-corrected chi connectivity index (χ0v) is 7.29. The van der Waals surface area contributed by atoms with Crippen molar-refractivity contribution in [1.29, 1.82) is 0 Å². The number of hydrogen-bond acceptors (Lipinski definition) is 3. The number of thiazole rings is 1. The summed E-state index contributed by atoms with van der Waals surface area (Å²) in [6.45, 7) is 1.57. The summed E-state index contributed by atoms with van der Waals surface area (Å²) in [6.07, 6.45) is -4.69. The quantitative estimate of drug-likeness (QED) is 0.660. The van der Waals surface area contributed by atoms with Crippen molar-refractivity contribution in [3.63, 3.8) is 0 Å². The normalized spacial score (nSPS) is 10.5. The highest BCUT2D eigenvalue weighted by Gasteiger charge is 2.32. The molecule has 1 rings (SSSR count). The van der Waals surface area contributed by atoms with Gasteiger partial charge >= 0.3 is 6.36 Å². The van der Waals surface area contributed by atoms with Gasteiger partial charge < -0.3 is 4.74 Å². The molecule has 0 saturated heterocycles. The molecule has 0 aromatic carbocycles. The van der Waals surface area contributed by atoms with Crippen molar-refractivity contribution < 1.29 is 17.9 Å². The van der Waals surface area contributed by atoms with Gasteiger partial charge in [-0.15, -0.1) is 13.2 Å². The van der Waals surface area contributed by atoms with Crippen LogP contribution in [0.3, 0.4) is 0 Å². The van der Waals surface area contributed by atoms with Gasteiger partial charge in [0.2, 0.25) is 0 Å². The molecule has 2 nitrogen and oxygen atoms in total. The van der Waals surface area contributed by atoms with Gasteiger partial charge in [0, 0.05) is 5.38 Å². The maximum atomic E-state index is 11.6. The molecular formula is C7H4F3NOS. The first-order chi connectivity index (χ1) is 6.01. The average molecular weight is 207 g/mol. The first kappa shape index (κ1) is 9.86. The largest absolute Gasteiger partial charge is 0.574 e. The number of nitrogens with zero attached hydrogens (tertiary/aromatic N) is 1. The maximum Gasteiger partial charge on any atom is 0.574 e. The number of halogens is 3. The fourth-order valence-corrected chi connectivity index (χ4v) is 1.21. The highest BCUT2D eigenvalue weighted by molar-refractivity contribution is 7.11. The van der Waals surface area contributed by atoms with E-state index in [4.69, 9.17) is 0 Å². The summed E-state index contributed by atoms with van der Waals surface area (Å²) in [5.41, 5.74) is 0.284. The minimum Gasteiger partial charge on any atom is -0.378 e. The first-order valence-electron chi connectivity index (χ1n) is 3.15. The third-order valence-corrected chi connectivity index (χ3v) is 1.66. The van der Waals surface area contributed by atoms with E-state index in [0.29, 0.717) is 0 Å². The van der Waals surface area contributed by atoms with Gasteiger partial charge in [-0.1, -0.05) is 17.3 Å². The Morgan fingerprint density at radius 3 is 2.77 bits per heavy atom. The third kappa shape index (κ3) is 3.34. The molecule has 0 fully saturated rings. The van der Waals surface area contributed by atoms with Crippen molar-refractivity contribution in [3.8, 4) is 17.0 Å². The van der Waals surface area contributed by atoms with E-state index in [1.54, 1.807) is 6.92 Å². The van der Waals surface area contributed by atoms with Crippen molar-refractivity contribution in [2.45, 2.75) is 13.3 Å². The predicted molar refractivity (Wildman–Crippen MR) is 41.3 cm³/mol. The lowest BCUT2D eigenvalue weighted by molar-refractivity contribution is -0.274. The van der Waals surface area contributed by atoms with Crippen molar-refractivity contribution in [1.82, 2.24) is 4.98 Å². The van der Waals surface area contributed by atoms with Crippen LogP contribution in [0, 0.1) is 11.8 Å². The fourth-order valence-electron chi connectivity index (χ4n) is 0.589. The standard InChI is InChI=1S/C7H4F3NOS/c1-2-3-5-4-13-6(11-5)12-7(8,9)10/h4H,1H3. The van der Waals surface area contributed by atoms with Gasteiger partial charge in [0.05, 0.1) is 0 Å². The van der Waals surface area contributed by atoms with E-state index in [0.717, 1.165) is 11.3 Å². The summed E-state index contributed by atoms with van der Waals surface area (Å²) in [4.78, 5) is 3.49. The Morgan fingerprint density at radius 1 is 1.54 bits per heavy atom. The number of alkyl halides is 3. The van der Waals surface area contributed by atoms with Gasteiger partial charge in [-0.25, -0.2) is 0 Å².